The summed E-state index contributed by atoms with van der Waals surface area (Å²) in [6.45, 7) is 4.13. The van der Waals surface area contributed by atoms with Gasteiger partial charge < -0.3 is 10.4 Å². The van der Waals surface area contributed by atoms with Crippen LogP contribution in [0, 0.1) is 0 Å². The highest BCUT2D eigenvalue weighted by atomic mass is 32.1. The number of likely N-dealkylation sites (N-methyl/N-ethyl adjacent to an activating group) is 1. The number of hydrogen-bond donors (Lipinski definition) is 2. The summed E-state index contributed by atoms with van der Waals surface area (Å²) in [6, 6.07) is 10.1. The minimum atomic E-state index is -0.250. The maximum Gasteiger partial charge on any atom is 0.290 e. The third kappa shape index (κ3) is 5.93. The molecule has 1 aliphatic rings. The van der Waals surface area contributed by atoms with E-state index in [4.69, 9.17) is 9.90 Å². The molecule has 1 aliphatic heterocycles. The number of rotatable bonds is 6. The van der Waals surface area contributed by atoms with E-state index in [1.807, 2.05) is 11.4 Å². The van der Waals surface area contributed by atoms with Gasteiger partial charge in [-0.15, -0.1) is 11.3 Å². The number of nitrogens with one attached hydrogen (secondary N) is 1. The second-order valence-corrected chi connectivity index (χ2v) is 7.77. The average molecular weight is 440 g/mol. The first-order valence-electron chi connectivity index (χ1n) is 10.0. The number of carboxylic acid groups (broad SMARTS) is 1. The summed E-state index contributed by atoms with van der Waals surface area (Å²) in [5.74, 6) is 0.737. The Kier molecular flexibility index (Phi) is 8.19. The van der Waals surface area contributed by atoms with Crippen LogP contribution in [-0.4, -0.2) is 56.5 Å². The number of benzene rings is 1. The molecule has 0 aliphatic carbocycles. The number of hydrogen-bond acceptors (Lipinski definition) is 7. The van der Waals surface area contributed by atoms with Crippen molar-refractivity contribution in [2.24, 2.45) is 0 Å². The largest absolute Gasteiger partial charge is 0.483 e. The molecule has 162 valence electrons. The van der Waals surface area contributed by atoms with Crippen LogP contribution in [0.1, 0.15) is 23.7 Å². The molecular formula is C22H25N5O3S. The van der Waals surface area contributed by atoms with Crippen molar-refractivity contribution in [3.05, 3.63) is 64.9 Å². The Balaban J connectivity index is 0.000000858. The predicted octanol–water partition coefficient (Wildman–Crippen LogP) is 2.41. The van der Waals surface area contributed by atoms with E-state index in [1.54, 1.807) is 18.5 Å². The summed E-state index contributed by atoms with van der Waals surface area (Å²) in [4.78, 5) is 36.4. The molecule has 0 fully saturated rings. The Morgan fingerprint density at radius 3 is 2.68 bits per heavy atom. The summed E-state index contributed by atoms with van der Waals surface area (Å²) in [7, 11) is 0. The molecule has 1 atom stereocenters. The molecule has 0 saturated carbocycles. The van der Waals surface area contributed by atoms with Gasteiger partial charge in [-0.25, -0.2) is 15.0 Å². The van der Waals surface area contributed by atoms with Crippen molar-refractivity contribution in [2.75, 3.05) is 13.1 Å². The molecular weight excluding hydrogens is 414 g/mol. The number of nitrogens with zero attached hydrogens (tertiary/aromatic N) is 4. The van der Waals surface area contributed by atoms with Gasteiger partial charge in [-0.05, 0) is 30.2 Å². The minimum absolute atomic E-state index is 0.0956. The molecule has 0 spiro atoms. The molecule has 4 rings (SSSR count). The van der Waals surface area contributed by atoms with Gasteiger partial charge in [0.05, 0.1) is 11.7 Å². The third-order valence-electron chi connectivity index (χ3n) is 5.04. The van der Waals surface area contributed by atoms with Gasteiger partial charge in [0, 0.05) is 37.3 Å². The first kappa shape index (κ1) is 22.5. The molecule has 3 aromatic rings. The molecule has 8 nitrogen and oxygen atoms in total. The molecule has 3 heterocycles. The lowest BCUT2D eigenvalue weighted by Gasteiger charge is -2.35. The summed E-state index contributed by atoms with van der Waals surface area (Å²) < 4.78 is 0. The highest BCUT2D eigenvalue weighted by Gasteiger charge is 2.30. The van der Waals surface area contributed by atoms with Crippen LogP contribution in [0.3, 0.4) is 0 Å². The zero-order valence-corrected chi connectivity index (χ0v) is 18.1. The van der Waals surface area contributed by atoms with E-state index in [9.17, 15) is 4.79 Å². The molecule has 0 bridgehead atoms. The van der Waals surface area contributed by atoms with Crippen LogP contribution in [0.4, 0.5) is 0 Å². The molecule has 0 saturated heterocycles. The van der Waals surface area contributed by atoms with Gasteiger partial charge in [0.1, 0.15) is 0 Å². The van der Waals surface area contributed by atoms with E-state index in [-0.39, 0.29) is 18.4 Å². The maximum atomic E-state index is 12.8. The Labute approximate surface area is 185 Å². The minimum Gasteiger partial charge on any atom is -0.483 e. The van der Waals surface area contributed by atoms with E-state index in [1.165, 1.54) is 22.5 Å². The fourth-order valence-corrected chi connectivity index (χ4v) is 4.33. The molecule has 2 N–H and O–H groups in total. The highest BCUT2D eigenvalue weighted by molar-refractivity contribution is 7.13. The molecule has 1 unspecified atom stereocenters. The van der Waals surface area contributed by atoms with Crippen molar-refractivity contribution in [1.82, 2.24) is 25.2 Å². The third-order valence-corrected chi connectivity index (χ3v) is 5.93. The van der Waals surface area contributed by atoms with Gasteiger partial charge in [0.25, 0.3) is 6.47 Å². The van der Waals surface area contributed by atoms with Crippen molar-refractivity contribution in [3.63, 3.8) is 0 Å². The number of aromatic nitrogens is 3. The zero-order chi connectivity index (χ0) is 22.1. The van der Waals surface area contributed by atoms with Gasteiger partial charge >= 0.3 is 0 Å². The van der Waals surface area contributed by atoms with E-state index >= 15 is 0 Å². The van der Waals surface area contributed by atoms with Crippen molar-refractivity contribution in [2.45, 2.75) is 32.4 Å². The van der Waals surface area contributed by atoms with Crippen LogP contribution in [0.2, 0.25) is 0 Å². The Hall–Kier alpha value is -3.17. The van der Waals surface area contributed by atoms with Crippen molar-refractivity contribution in [3.8, 4) is 10.8 Å². The second kappa shape index (κ2) is 11.3. The van der Waals surface area contributed by atoms with Crippen LogP contribution in [0.25, 0.3) is 10.8 Å². The van der Waals surface area contributed by atoms with Crippen LogP contribution in [-0.2, 0) is 29.0 Å². The van der Waals surface area contributed by atoms with Gasteiger partial charge in [-0.1, -0.05) is 31.2 Å². The lowest BCUT2D eigenvalue weighted by Crippen LogP contribution is -2.50. The fraction of sp³-hybridized carbons (Fsp3) is 0.318. The summed E-state index contributed by atoms with van der Waals surface area (Å²) in [5.41, 5.74) is 3.56. The topological polar surface area (TPSA) is 108 Å². The number of amides is 1. The zero-order valence-electron chi connectivity index (χ0n) is 17.3. The Morgan fingerprint density at radius 1 is 1.26 bits per heavy atom. The number of carbonyl (C=O) groups is 2. The van der Waals surface area contributed by atoms with Crippen molar-refractivity contribution >= 4 is 23.7 Å². The quantitative estimate of drug-likeness (QED) is 0.568. The van der Waals surface area contributed by atoms with E-state index in [2.05, 4.69) is 50.3 Å². The number of thiazole rings is 1. The molecule has 9 heteroatoms. The van der Waals surface area contributed by atoms with Gasteiger partial charge in [-0.3, -0.25) is 14.5 Å². The number of fused-ring (bicyclic) bond motifs is 1. The van der Waals surface area contributed by atoms with Gasteiger partial charge in [0.2, 0.25) is 5.91 Å². The van der Waals surface area contributed by atoms with Crippen LogP contribution < -0.4 is 5.32 Å². The van der Waals surface area contributed by atoms with Crippen LogP contribution in [0.5, 0.6) is 0 Å². The number of carbonyl (C=O) groups excluding carboxylic acids is 1. The molecule has 2 aromatic heterocycles. The first-order chi connectivity index (χ1) is 15.2. The molecule has 0 radical (unpaired) electrons. The van der Waals surface area contributed by atoms with E-state index < -0.39 is 0 Å². The van der Waals surface area contributed by atoms with E-state index in [0.29, 0.717) is 18.8 Å². The molecule has 1 amide bonds. The fourth-order valence-electron chi connectivity index (χ4n) is 3.53. The SMILES string of the molecule is CCN1Cc2ccccc2CC1C(=O)NCCc1csc(-c2ncccn2)n1.O=CO. The van der Waals surface area contributed by atoms with E-state index in [0.717, 1.165) is 30.2 Å². The summed E-state index contributed by atoms with van der Waals surface area (Å²) in [6.07, 6.45) is 4.89. The van der Waals surface area contributed by atoms with Crippen LogP contribution >= 0.6 is 11.3 Å². The monoisotopic (exact) mass is 439 g/mol. The lowest BCUT2D eigenvalue weighted by atomic mass is 9.93. The average Bonchev–Trinajstić information content (AvgIpc) is 3.28. The lowest BCUT2D eigenvalue weighted by molar-refractivity contribution is -0.127. The molecule has 31 heavy (non-hydrogen) atoms. The van der Waals surface area contributed by atoms with Crippen molar-refractivity contribution < 1.29 is 14.7 Å². The second-order valence-electron chi connectivity index (χ2n) is 6.91. The predicted molar refractivity (Wildman–Crippen MR) is 119 cm³/mol. The summed E-state index contributed by atoms with van der Waals surface area (Å²) in [5, 5.41) is 12.8. The highest BCUT2D eigenvalue weighted by Crippen LogP contribution is 2.23. The first-order valence-corrected chi connectivity index (χ1v) is 10.9. The maximum absolute atomic E-state index is 12.8. The Morgan fingerprint density at radius 2 is 1.97 bits per heavy atom. The summed E-state index contributed by atoms with van der Waals surface area (Å²) >= 11 is 1.53. The Bertz CT molecular complexity index is 996. The molecule has 1 aromatic carbocycles. The van der Waals surface area contributed by atoms with Crippen molar-refractivity contribution in [1.29, 1.82) is 0 Å². The van der Waals surface area contributed by atoms with Crippen LogP contribution in [0.15, 0.2) is 48.1 Å². The van der Waals surface area contributed by atoms with Gasteiger partial charge in [0.15, 0.2) is 10.8 Å². The smallest absolute Gasteiger partial charge is 0.290 e. The standard InChI is InChI=1S/C21H23N5OS.CH2O2/c1-2-26-13-16-7-4-3-6-15(16)12-18(26)20(27)24-11-8-17-14-28-21(25-17)19-22-9-5-10-23-19;2-1-3/h3-7,9-10,14,18H,2,8,11-13H2,1H3,(H,24,27);1H,(H,2,3). The van der Waals surface area contributed by atoms with Gasteiger partial charge in [-0.2, -0.15) is 0 Å². The normalized spacial score (nSPS) is 15.3.